The van der Waals surface area contributed by atoms with E-state index in [1.165, 1.54) is 0 Å². The van der Waals surface area contributed by atoms with Crippen LogP contribution in [-0.4, -0.2) is 37.8 Å². The molecule has 0 bridgehead atoms. The van der Waals surface area contributed by atoms with Crippen molar-refractivity contribution in [2.45, 2.75) is 37.8 Å². The highest BCUT2D eigenvalue weighted by atomic mass is 19.3. The van der Waals surface area contributed by atoms with Gasteiger partial charge in [-0.25, -0.2) is 8.78 Å². The molecule has 0 radical (unpaired) electrons. The fourth-order valence-electron chi connectivity index (χ4n) is 1.84. The fourth-order valence-corrected chi connectivity index (χ4v) is 1.84. The summed E-state index contributed by atoms with van der Waals surface area (Å²) in [6.07, 6.45) is -0.646. The minimum absolute atomic E-state index is 0.189. The summed E-state index contributed by atoms with van der Waals surface area (Å²) < 4.78 is 29.3. The van der Waals surface area contributed by atoms with Gasteiger partial charge in [0.05, 0.1) is 12.6 Å². The topological polar surface area (TPSA) is 47.3 Å². The highest BCUT2D eigenvalue weighted by Gasteiger charge is 2.43. The zero-order valence-corrected chi connectivity index (χ0v) is 8.43. The number of nitrogens with two attached hydrogens (primary N) is 1. The SMILES string of the molecule is CCOC1CC(CN)(NCC(F)F)C1. The Morgan fingerprint density at radius 2 is 2.21 bits per heavy atom. The van der Waals surface area contributed by atoms with E-state index in [2.05, 4.69) is 5.32 Å². The van der Waals surface area contributed by atoms with Crippen LogP contribution in [0.15, 0.2) is 0 Å². The van der Waals surface area contributed by atoms with Crippen LogP contribution in [0.3, 0.4) is 0 Å². The summed E-state index contributed by atoms with van der Waals surface area (Å²) in [7, 11) is 0. The molecule has 3 N–H and O–H groups in total. The quantitative estimate of drug-likeness (QED) is 0.676. The highest BCUT2D eigenvalue weighted by Crippen LogP contribution is 2.33. The summed E-state index contributed by atoms with van der Waals surface area (Å²) in [5, 5.41) is 2.82. The molecule has 0 aliphatic heterocycles. The maximum atomic E-state index is 12.0. The van der Waals surface area contributed by atoms with Crippen LogP contribution in [0.25, 0.3) is 0 Å². The zero-order chi connectivity index (χ0) is 10.6. The number of nitrogens with one attached hydrogen (secondary N) is 1. The first kappa shape index (κ1) is 11.8. The monoisotopic (exact) mass is 208 g/mol. The van der Waals surface area contributed by atoms with Gasteiger partial charge in [-0.05, 0) is 19.8 Å². The molecule has 1 aliphatic rings. The van der Waals surface area contributed by atoms with Crippen LogP contribution in [-0.2, 0) is 4.74 Å². The number of hydrogen-bond acceptors (Lipinski definition) is 3. The van der Waals surface area contributed by atoms with E-state index in [1.807, 2.05) is 6.92 Å². The van der Waals surface area contributed by atoms with Crippen molar-refractivity contribution in [2.24, 2.45) is 5.73 Å². The maximum absolute atomic E-state index is 12.0. The van der Waals surface area contributed by atoms with Gasteiger partial charge in [-0.1, -0.05) is 0 Å². The van der Waals surface area contributed by atoms with Crippen molar-refractivity contribution in [3.8, 4) is 0 Å². The van der Waals surface area contributed by atoms with E-state index in [4.69, 9.17) is 10.5 Å². The number of rotatable bonds is 6. The van der Waals surface area contributed by atoms with E-state index in [-0.39, 0.29) is 18.2 Å². The van der Waals surface area contributed by atoms with Gasteiger partial charge in [0.15, 0.2) is 0 Å². The Morgan fingerprint density at radius 1 is 1.57 bits per heavy atom. The molecule has 14 heavy (non-hydrogen) atoms. The number of hydrogen-bond donors (Lipinski definition) is 2. The molecular formula is C9H18F2N2O. The second-order valence-electron chi connectivity index (χ2n) is 3.74. The van der Waals surface area contributed by atoms with E-state index in [0.717, 1.165) is 12.8 Å². The van der Waals surface area contributed by atoms with Crippen LogP contribution < -0.4 is 11.1 Å². The first-order chi connectivity index (χ1) is 6.62. The largest absolute Gasteiger partial charge is 0.378 e. The average Bonchev–Trinajstić information content (AvgIpc) is 2.08. The van der Waals surface area contributed by atoms with Crippen LogP contribution in [0.2, 0.25) is 0 Å². The second kappa shape index (κ2) is 5.00. The first-order valence-corrected chi connectivity index (χ1v) is 4.97. The number of halogens is 2. The lowest BCUT2D eigenvalue weighted by Gasteiger charge is -2.47. The normalized spacial score (nSPS) is 31.9. The zero-order valence-electron chi connectivity index (χ0n) is 8.43. The smallest absolute Gasteiger partial charge is 0.250 e. The lowest BCUT2D eigenvalue weighted by Crippen LogP contribution is -2.63. The summed E-state index contributed by atoms with van der Waals surface area (Å²) in [6.45, 7) is 2.70. The Hall–Kier alpha value is -0.260. The van der Waals surface area contributed by atoms with E-state index < -0.39 is 6.43 Å². The van der Waals surface area contributed by atoms with Crippen molar-refractivity contribution < 1.29 is 13.5 Å². The molecule has 1 aliphatic carbocycles. The molecule has 5 heteroatoms. The molecule has 1 fully saturated rings. The Kier molecular flexibility index (Phi) is 4.22. The minimum Gasteiger partial charge on any atom is -0.378 e. The third kappa shape index (κ3) is 2.87. The van der Waals surface area contributed by atoms with Crippen molar-refractivity contribution in [1.29, 1.82) is 0 Å². The molecule has 0 aromatic heterocycles. The van der Waals surface area contributed by atoms with Crippen LogP contribution in [0.4, 0.5) is 8.78 Å². The minimum atomic E-state index is -2.32. The molecule has 0 heterocycles. The van der Waals surface area contributed by atoms with Gasteiger partial charge in [0.1, 0.15) is 0 Å². The van der Waals surface area contributed by atoms with E-state index in [9.17, 15) is 8.78 Å². The van der Waals surface area contributed by atoms with Gasteiger partial charge in [-0.3, -0.25) is 0 Å². The Balaban J connectivity index is 2.26. The Bertz CT molecular complexity index is 172. The number of alkyl halides is 2. The molecular weight excluding hydrogens is 190 g/mol. The van der Waals surface area contributed by atoms with Crippen molar-refractivity contribution >= 4 is 0 Å². The predicted molar refractivity (Wildman–Crippen MR) is 50.4 cm³/mol. The lowest BCUT2D eigenvalue weighted by atomic mass is 9.74. The predicted octanol–water partition coefficient (Wildman–Crippen LogP) is 0.738. The molecule has 0 saturated heterocycles. The second-order valence-corrected chi connectivity index (χ2v) is 3.74. The lowest BCUT2D eigenvalue weighted by molar-refractivity contribution is -0.0516. The van der Waals surface area contributed by atoms with Crippen LogP contribution in [0.1, 0.15) is 19.8 Å². The Morgan fingerprint density at radius 3 is 2.64 bits per heavy atom. The van der Waals surface area contributed by atoms with Crippen molar-refractivity contribution in [1.82, 2.24) is 5.32 Å². The van der Waals surface area contributed by atoms with Crippen LogP contribution >= 0.6 is 0 Å². The molecule has 0 aromatic rings. The van der Waals surface area contributed by atoms with Gasteiger partial charge in [0.25, 0.3) is 6.43 Å². The molecule has 1 saturated carbocycles. The third-order valence-corrected chi connectivity index (χ3v) is 2.66. The summed E-state index contributed by atoms with van der Waals surface area (Å²) in [4.78, 5) is 0. The fraction of sp³-hybridized carbons (Fsp3) is 1.00. The molecule has 84 valence electrons. The average molecular weight is 208 g/mol. The standard InChI is InChI=1S/C9H18F2N2O/c1-2-14-7-3-9(4-7,6-12)13-5-8(10)11/h7-8,13H,2-6,12H2,1H3. The number of ether oxygens (including phenoxy) is 1. The molecule has 0 amide bonds. The van der Waals surface area contributed by atoms with E-state index in [0.29, 0.717) is 13.2 Å². The molecule has 1 rings (SSSR count). The molecule has 0 aromatic carbocycles. The molecule has 0 atom stereocenters. The van der Waals surface area contributed by atoms with Gasteiger partial charge in [-0.15, -0.1) is 0 Å². The van der Waals surface area contributed by atoms with Gasteiger partial charge in [0.2, 0.25) is 0 Å². The van der Waals surface area contributed by atoms with Crippen molar-refractivity contribution in [3.05, 3.63) is 0 Å². The third-order valence-electron chi connectivity index (χ3n) is 2.66. The highest BCUT2D eigenvalue weighted by molar-refractivity contribution is 5.02. The van der Waals surface area contributed by atoms with Gasteiger partial charge < -0.3 is 15.8 Å². The van der Waals surface area contributed by atoms with Gasteiger partial charge in [-0.2, -0.15) is 0 Å². The van der Waals surface area contributed by atoms with E-state index in [1.54, 1.807) is 0 Å². The maximum Gasteiger partial charge on any atom is 0.250 e. The van der Waals surface area contributed by atoms with E-state index >= 15 is 0 Å². The summed E-state index contributed by atoms with van der Waals surface area (Å²) >= 11 is 0. The molecule has 0 unspecified atom stereocenters. The molecule has 3 nitrogen and oxygen atoms in total. The molecule has 0 spiro atoms. The van der Waals surface area contributed by atoms with Gasteiger partial charge in [0, 0.05) is 18.7 Å². The van der Waals surface area contributed by atoms with Crippen LogP contribution in [0, 0.1) is 0 Å². The summed E-state index contributed by atoms with van der Waals surface area (Å²) in [5.41, 5.74) is 5.24. The van der Waals surface area contributed by atoms with Crippen molar-refractivity contribution in [3.63, 3.8) is 0 Å². The van der Waals surface area contributed by atoms with Crippen LogP contribution in [0.5, 0.6) is 0 Å². The first-order valence-electron chi connectivity index (χ1n) is 4.97. The summed E-state index contributed by atoms with van der Waals surface area (Å²) in [5.74, 6) is 0. The Labute approximate surface area is 83.0 Å². The summed E-state index contributed by atoms with van der Waals surface area (Å²) in [6, 6.07) is 0. The van der Waals surface area contributed by atoms with Crippen molar-refractivity contribution in [2.75, 3.05) is 19.7 Å². The van der Waals surface area contributed by atoms with Gasteiger partial charge >= 0.3 is 0 Å².